The third-order valence-corrected chi connectivity index (χ3v) is 7.56. The second kappa shape index (κ2) is 9.85. The van der Waals surface area contributed by atoms with Crippen LogP contribution in [0.25, 0.3) is 0 Å². The van der Waals surface area contributed by atoms with E-state index < -0.39 is 11.9 Å². The van der Waals surface area contributed by atoms with Gasteiger partial charge in [0.05, 0.1) is 11.1 Å². The molecule has 2 aliphatic rings. The van der Waals surface area contributed by atoms with Gasteiger partial charge in [0.1, 0.15) is 11.5 Å². The van der Waals surface area contributed by atoms with E-state index in [2.05, 4.69) is 53.7 Å². The number of benzene rings is 2. The van der Waals surface area contributed by atoms with Crippen molar-refractivity contribution in [2.24, 2.45) is 17.3 Å². The van der Waals surface area contributed by atoms with Gasteiger partial charge in [-0.1, -0.05) is 65.8 Å². The molecule has 4 heteroatoms. The van der Waals surface area contributed by atoms with Crippen LogP contribution >= 0.6 is 0 Å². The summed E-state index contributed by atoms with van der Waals surface area (Å²) in [6.45, 7) is 12.5. The van der Waals surface area contributed by atoms with Gasteiger partial charge in [-0.05, 0) is 77.6 Å². The van der Waals surface area contributed by atoms with Crippen molar-refractivity contribution in [3.63, 3.8) is 0 Å². The Bertz CT molecular complexity index is 1080. The minimum Gasteiger partial charge on any atom is -0.423 e. The summed E-state index contributed by atoms with van der Waals surface area (Å²) in [7, 11) is 0. The fraction of sp³-hybridized carbons (Fsp3) is 0.419. The predicted octanol–water partition coefficient (Wildman–Crippen LogP) is 6.59. The maximum atomic E-state index is 13.5. The first-order chi connectivity index (χ1) is 16.7. The van der Waals surface area contributed by atoms with Crippen LogP contribution in [0.2, 0.25) is 0 Å². The number of hydrogen-bond donors (Lipinski definition) is 0. The summed E-state index contributed by atoms with van der Waals surface area (Å²) in [6.07, 6.45) is 7.49. The fourth-order valence-electron chi connectivity index (χ4n) is 5.37. The van der Waals surface area contributed by atoms with Gasteiger partial charge in [-0.3, -0.25) is 0 Å². The van der Waals surface area contributed by atoms with Crippen molar-refractivity contribution in [3.8, 4) is 11.5 Å². The Morgan fingerprint density at radius 3 is 1.23 bits per heavy atom. The highest BCUT2D eigenvalue weighted by atomic mass is 16.5. The molecule has 0 radical (unpaired) electrons. The van der Waals surface area contributed by atoms with E-state index in [9.17, 15) is 9.59 Å². The largest absolute Gasteiger partial charge is 0.423 e. The van der Waals surface area contributed by atoms with Gasteiger partial charge < -0.3 is 9.47 Å². The van der Waals surface area contributed by atoms with E-state index in [-0.39, 0.29) is 17.3 Å². The van der Waals surface area contributed by atoms with Gasteiger partial charge in [0, 0.05) is 11.8 Å². The van der Waals surface area contributed by atoms with E-state index >= 15 is 0 Å². The van der Waals surface area contributed by atoms with Gasteiger partial charge in [0.25, 0.3) is 0 Å². The molecule has 0 saturated heterocycles. The van der Waals surface area contributed by atoms with E-state index in [0.29, 0.717) is 22.6 Å². The van der Waals surface area contributed by atoms with E-state index in [0.717, 1.165) is 47.9 Å². The number of esters is 2. The van der Waals surface area contributed by atoms with Gasteiger partial charge in [0.15, 0.2) is 0 Å². The SMILES string of the molecule is CCc1cc(CC)cc(OC(=O)C2=C(C(=O)Oc3cc(CC)cc(CC)c3)C3C=CC2C3(C)C)c1. The Morgan fingerprint density at radius 2 is 0.943 bits per heavy atom. The highest BCUT2D eigenvalue weighted by molar-refractivity contribution is 6.05. The highest BCUT2D eigenvalue weighted by Gasteiger charge is 2.55. The summed E-state index contributed by atoms with van der Waals surface area (Å²) in [5, 5.41) is 0. The van der Waals surface area contributed by atoms with Crippen LogP contribution in [-0.2, 0) is 35.3 Å². The lowest BCUT2D eigenvalue weighted by molar-refractivity contribution is -0.133. The third kappa shape index (κ3) is 4.71. The lowest BCUT2D eigenvalue weighted by atomic mass is 9.77. The molecule has 2 bridgehead atoms. The molecular formula is C31H36O4. The molecule has 35 heavy (non-hydrogen) atoms. The topological polar surface area (TPSA) is 52.6 Å². The average Bonchev–Trinajstić information content (AvgIpc) is 3.27. The van der Waals surface area contributed by atoms with Gasteiger partial charge in [0.2, 0.25) is 0 Å². The number of hydrogen-bond acceptors (Lipinski definition) is 4. The summed E-state index contributed by atoms with van der Waals surface area (Å²) < 4.78 is 11.8. The van der Waals surface area contributed by atoms with Crippen LogP contribution in [0.4, 0.5) is 0 Å². The van der Waals surface area contributed by atoms with E-state index in [1.54, 1.807) is 0 Å². The summed E-state index contributed by atoms with van der Waals surface area (Å²) in [4.78, 5) is 27.1. The quantitative estimate of drug-likeness (QED) is 0.247. The molecule has 0 spiro atoms. The minimum absolute atomic E-state index is 0.185. The lowest BCUT2D eigenvalue weighted by Gasteiger charge is -2.26. The van der Waals surface area contributed by atoms with Gasteiger partial charge in [-0.2, -0.15) is 0 Å². The third-order valence-electron chi connectivity index (χ3n) is 7.56. The molecule has 0 saturated carbocycles. The van der Waals surface area contributed by atoms with Crippen molar-refractivity contribution in [2.45, 2.75) is 67.2 Å². The zero-order chi connectivity index (χ0) is 25.3. The number of carbonyl (C=O) groups excluding carboxylic acids is 2. The monoisotopic (exact) mass is 472 g/mol. The molecule has 0 heterocycles. The number of ether oxygens (including phenoxy) is 2. The number of aryl methyl sites for hydroxylation is 4. The molecule has 0 N–H and O–H groups in total. The molecule has 2 aromatic carbocycles. The summed E-state index contributed by atoms with van der Waals surface area (Å²) in [6, 6.07) is 11.9. The molecule has 2 aliphatic carbocycles. The molecule has 4 rings (SSSR count). The van der Waals surface area contributed by atoms with Crippen LogP contribution in [0.3, 0.4) is 0 Å². The van der Waals surface area contributed by atoms with Crippen LogP contribution in [0, 0.1) is 17.3 Å². The number of fused-ring (bicyclic) bond motifs is 2. The molecule has 184 valence electrons. The molecule has 0 fully saturated rings. The fourth-order valence-corrected chi connectivity index (χ4v) is 5.37. The first-order valence-corrected chi connectivity index (χ1v) is 12.8. The van der Waals surface area contributed by atoms with Crippen LogP contribution in [-0.4, -0.2) is 11.9 Å². The van der Waals surface area contributed by atoms with Crippen molar-refractivity contribution >= 4 is 11.9 Å². The van der Waals surface area contributed by atoms with Gasteiger partial charge in [-0.15, -0.1) is 0 Å². The predicted molar refractivity (Wildman–Crippen MR) is 139 cm³/mol. The molecule has 2 aromatic rings. The molecule has 4 nitrogen and oxygen atoms in total. The Kier molecular flexibility index (Phi) is 7.02. The number of carbonyl (C=O) groups is 2. The number of rotatable bonds is 8. The maximum absolute atomic E-state index is 13.5. The normalized spacial score (nSPS) is 19.8. The average molecular weight is 473 g/mol. The van der Waals surface area contributed by atoms with Gasteiger partial charge in [-0.25, -0.2) is 9.59 Å². The summed E-state index contributed by atoms with van der Waals surface area (Å²) >= 11 is 0. The van der Waals surface area contributed by atoms with E-state index in [1.165, 1.54) is 0 Å². The lowest BCUT2D eigenvalue weighted by Crippen LogP contribution is -2.24. The van der Waals surface area contributed by atoms with Crippen LogP contribution in [0.5, 0.6) is 11.5 Å². The van der Waals surface area contributed by atoms with E-state index in [1.807, 2.05) is 36.4 Å². The Hall–Kier alpha value is -3.14. The molecule has 2 unspecified atom stereocenters. The molecule has 0 aromatic heterocycles. The van der Waals surface area contributed by atoms with Crippen LogP contribution < -0.4 is 9.47 Å². The smallest absolute Gasteiger partial charge is 0.340 e. The first kappa shape index (κ1) is 25.0. The van der Waals surface area contributed by atoms with Crippen molar-refractivity contribution in [2.75, 3.05) is 0 Å². The zero-order valence-electron chi connectivity index (χ0n) is 21.7. The zero-order valence-corrected chi connectivity index (χ0v) is 21.7. The second-order valence-electron chi connectivity index (χ2n) is 10.2. The Labute approximate surface area is 209 Å². The second-order valence-corrected chi connectivity index (χ2v) is 10.2. The molecule has 0 aliphatic heterocycles. The van der Waals surface area contributed by atoms with Gasteiger partial charge >= 0.3 is 11.9 Å². The standard InChI is InChI=1S/C31H36O4/c1-7-19-13-20(8-2)16-23(15-19)34-29(32)27-25-11-12-26(31(25,5)6)28(27)30(33)35-24-17-21(9-3)14-22(10-4)18-24/h11-18,25-26H,7-10H2,1-6H3. The van der Waals surface area contributed by atoms with Crippen LogP contribution in [0.1, 0.15) is 63.8 Å². The van der Waals surface area contributed by atoms with Crippen molar-refractivity contribution in [3.05, 3.63) is 82.0 Å². The first-order valence-electron chi connectivity index (χ1n) is 12.8. The van der Waals surface area contributed by atoms with E-state index in [4.69, 9.17) is 9.47 Å². The molecule has 0 amide bonds. The summed E-state index contributed by atoms with van der Waals surface area (Å²) in [5.41, 5.74) is 5.05. The van der Waals surface area contributed by atoms with Crippen LogP contribution in [0.15, 0.2) is 59.7 Å². The summed E-state index contributed by atoms with van der Waals surface area (Å²) in [5.74, 6) is -0.243. The van der Waals surface area contributed by atoms with Crippen molar-refractivity contribution in [1.29, 1.82) is 0 Å². The minimum atomic E-state index is -0.464. The highest BCUT2D eigenvalue weighted by Crippen LogP contribution is 2.57. The Morgan fingerprint density at radius 1 is 0.629 bits per heavy atom. The van der Waals surface area contributed by atoms with Crippen molar-refractivity contribution < 1.29 is 19.1 Å². The van der Waals surface area contributed by atoms with Crippen molar-refractivity contribution in [1.82, 2.24) is 0 Å². The molecule has 2 atom stereocenters. The maximum Gasteiger partial charge on any atom is 0.340 e. The Balaban J connectivity index is 1.68. The number of allylic oxidation sites excluding steroid dienone is 2. The molecular weight excluding hydrogens is 436 g/mol.